The van der Waals surface area contributed by atoms with Gasteiger partial charge < -0.3 is 9.84 Å². The normalized spacial score (nSPS) is 36.9. The molecule has 3 unspecified atom stereocenters. The first-order valence-electron chi connectivity index (χ1n) is 6.63. The van der Waals surface area contributed by atoms with Gasteiger partial charge in [0.15, 0.2) is 0 Å². The lowest BCUT2D eigenvalue weighted by atomic mass is 9.74. The number of hydrogen-bond donors (Lipinski definition) is 1. The Morgan fingerprint density at radius 1 is 1.65 bits per heavy atom. The zero-order chi connectivity index (χ0) is 12.4. The smallest absolute Gasteiger partial charge is 0.0784 e. The standard InChI is InChI=1S/C14H24O2S/c1-3-4-6-13(2,15)12-5-8-16-14(10-12)7-9-17-11-14/h3,12,15H,1,4-11H2,2H3. The first-order chi connectivity index (χ1) is 8.08. The molecule has 2 aliphatic heterocycles. The van der Waals surface area contributed by atoms with E-state index in [1.54, 1.807) is 0 Å². The first kappa shape index (κ1) is 13.4. The van der Waals surface area contributed by atoms with Gasteiger partial charge in [0.25, 0.3) is 0 Å². The zero-order valence-corrected chi connectivity index (χ0v) is 11.6. The highest BCUT2D eigenvalue weighted by Crippen LogP contribution is 2.44. The van der Waals surface area contributed by atoms with Crippen LogP contribution in [0.1, 0.15) is 39.0 Å². The van der Waals surface area contributed by atoms with Crippen LogP contribution in [0, 0.1) is 5.92 Å². The van der Waals surface area contributed by atoms with Crippen molar-refractivity contribution < 1.29 is 9.84 Å². The summed E-state index contributed by atoms with van der Waals surface area (Å²) >= 11 is 1.99. The lowest BCUT2D eigenvalue weighted by Gasteiger charge is -2.43. The Kier molecular flexibility index (Phi) is 4.22. The van der Waals surface area contributed by atoms with Crippen LogP contribution in [0.5, 0.6) is 0 Å². The molecule has 0 aromatic carbocycles. The van der Waals surface area contributed by atoms with E-state index in [0.29, 0.717) is 5.92 Å². The van der Waals surface area contributed by atoms with Gasteiger partial charge in [-0.15, -0.1) is 6.58 Å². The Balaban J connectivity index is 1.98. The van der Waals surface area contributed by atoms with E-state index in [1.165, 1.54) is 5.75 Å². The summed E-state index contributed by atoms with van der Waals surface area (Å²) in [4.78, 5) is 0. The van der Waals surface area contributed by atoms with Gasteiger partial charge in [-0.1, -0.05) is 6.08 Å². The predicted octanol–water partition coefficient (Wildman–Crippen LogP) is 3.01. The Hall–Kier alpha value is 0.0100. The van der Waals surface area contributed by atoms with Crippen LogP contribution in [0.25, 0.3) is 0 Å². The third-order valence-corrected chi connectivity index (χ3v) is 5.52. The van der Waals surface area contributed by atoms with Crippen molar-refractivity contribution >= 4 is 11.8 Å². The molecule has 2 saturated heterocycles. The summed E-state index contributed by atoms with van der Waals surface area (Å²) < 4.78 is 6.00. The second-order valence-electron chi connectivity index (χ2n) is 5.71. The van der Waals surface area contributed by atoms with Gasteiger partial charge in [0, 0.05) is 12.4 Å². The fourth-order valence-electron chi connectivity index (χ4n) is 3.02. The summed E-state index contributed by atoms with van der Waals surface area (Å²) in [5.74, 6) is 2.71. The van der Waals surface area contributed by atoms with Gasteiger partial charge in [0.1, 0.15) is 0 Å². The molecule has 3 heteroatoms. The van der Waals surface area contributed by atoms with Crippen LogP contribution in [0.3, 0.4) is 0 Å². The van der Waals surface area contributed by atoms with Crippen molar-refractivity contribution in [1.29, 1.82) is 0 Å². The molecule has 0 aliphatic carbocycles. The van der Waals surface area contributed by atoms with Crippen molar-refractivity contribution in [3.8, 4) is 0 Å². The minimum absolute atomic E-state index is 0.0752. The van der Waals surface area contributed by atoms with Crippen LogP contribution in [-0.2, 0) is 4.74 Å². The molecule has 2 nitrogen and oxygen atoms in total. The van der Waals surface area contributed by atoms with E-state index in [-0.39, 0.29) is 5.60 Å². The SMILES string of the molecule is C=CCCC(C)(O)C1CCOC2(CCSC2)C1. The summed E-state index contributed by atoms with van der Waals surface area (Å²) in [5, 5.41) is 10.6. The molecule has 17 heavy (non-hydrogen) atoms. The molecule has 0 radical (unpaired) electrons. The number of hydrogen-bond acceptors (Lipinski definition) is 3. The van der Waals surface area contributed by atoms with E-state index >= 15 is 0 Å². The van der Waals surface area contributed by atoms with Crippen molar-refractivity contribution in [2.75, 3.05) is 18.1 Å². The fraction of sp³-hybridized carbons (Fsp3) is 0.857. The Morgan fingerprint density at radius 3 is 3.12 bits per heavy atom. The second kappa shape index (κ2) is 5.33. The van der Waals surface area contributed by atoms with E-state index in [2.05, 4.69) is 6.58 Å². The highest BCUT2D eigenvalue weighted by atomic mass is 32.2. The van der Waals surface area contributed by atoms with Crippen molar-refractivity contribution in [1.82, 2.24) is 0 Å². The summed E-state index contributed by atoms with van der Waals surface area (Å²) in [6.45, 7) is 6.54. The molecule has 0 bridgehead atoms. The molecule has 98 valence electrons. The van der Waals surface area contributed by atoms with Crippen molar-refractivity contribution in [2.45, 2.75) is 50.2 Å². The lowest BCUT2D eigenvalue weighted by molar-refractivity contribution is -0.128. The average Bonchev–Trinajstić information content (AvgIpc) is 2.75. The van der Waals surface area contributed by atoms with Crippen LogP contribution in [0.2, 0.25) is 0 Å². The van der Waals surface area contributed by atoms with Crippen LogP contribution >= 0.6 is 11.8 Å². The van der Waals surface area contributed by atoms with Gasteiger partial charge in [-0.2, -0.15) is 11.8 Å². The molecule has 0 saturated carbocycles. The van der Waals surface area contributed by atoms with Gasteiger partial charge in [-0.3, -0.25) is 0 Å². The number of ether oxygens (including phenoxy) is 1. The highest BCUT2D eigenvalue weighted by molar-refractivity contribution is 7.99. The zero-order valence-electron chi connectivity index (χ0n) is 10.8. The largest absolute Gasteiger partial charge is 0.390 e. The molecule has 1 N–H and O–H groups in total. The topological polar surface area (TPSA) is 29.5 Å². The average molecular weight is 256 g/mol. The Bertz CT molecular complexity index is 269. The molecule has 2 heterocycles. The molecule has 0 aromatic heterocycles. The lowest BCUT2D eigenvalue weighted by Crippen LogP contribution is -2.47. The van der Waals surface area contributed by atoms with Crippen molar-refractivity contribution in [2.24, 2.45) is 5.92 Å². The minimum Gasteiger partial charge on any atom is -0.390 e. The van der Waals surface area contributed by atoms with E-state index in [0.717, 1.165) is 44.5 Å². The third kappa shape index (κ3) is 3.07. The maximum absolute atomic E-state index is 10.6. The van der Waals surface area contributed by atoms with E-state index < -0.39 is 5.60 Å². The van der Waals surface area contributed by atoms with Crippen molar-refractivity contribution in [3.63, 3.8) is 0 Å². The number of aliphatic hydroxyl groups is 1. The molecule has 0 aromatic rings. The van der Waals surface area contributed by atoms with Gasteiger partial charge in [-0.25, -0.2) is 0 Å². The monoisotopic (exact) mass is 256 g/mol. The quantitative estimate of drug-likeness (QED) is 0.784. The highest BCUT2D eigenvalue weighted by Gasteiger charge is 2.45. The number of rotatable bonds is 4. The van der Waals surface area contributed by atoms with Gasteiger partial charge in [0.2, 0.25) is 0 Å². The third-order valence-electron chi connectivity index (χ3n) is 4.29. The molecular formula is C14H24O2S. The molecule has 0 amide bonds. The van der Waals surface area contributed by atoms with Gasteiger partial charge >= 0.3 is 0 Å². The maximum atomic E-state index is 10.6. The first-order valence-corrected chi connectivity index (χ1v) is 7.78. The summed E-state index contributed by atoms with van der Waals surface area (Å²) in [6.07, 6.45) is 6.80. The number of allylic oxidation sites excluding steroid dienone is 1. The predicted molar refractivity (Wildman–Crippen MR) is 73.4 cm³/mol. The van der Waals surface area contributed by atoms with Crippen LogP contribution in [-0.4, -0.2) is 34.4 Å². The van der Waals surface area contributed by atoms with Crippen LogP contribution in [0.4, 0.5) is 0 Å². The molecular weight excluding hydrogens is 232 g/mol. The Morgan fingerprint density at radius 2 is 2.47 bits per heavy atom. The molecule has 1 spiro atoms. The molecule has 2 fully saturated rings. The van der Waals surface area contributed by atoms with Crippen LogP contribution < -0.4 is 0 Å². The van der Waals surface area contributed by atoms with E-state index in [9.17, 15) is 5.11 Å². The van der Waals surface area contributed by atoms with E-state index in [4.69, 9.17) is 4.74 Å². The Labute approximate surface area is 109 Å². The van der Waals surface area contributed by atoms with Gasteiger partial charge in [-0.05, 0) is 50.7 Å². The molecule has 3 atom stereocenters. The minimum atomic E-state index is -0.557. The second-order valence-corrected chi connectivity index (χ2v) is 6.81. The summed E-state index contributed by atoms with van der Waals surface area (Å²) in [6, 6.07) is 0. The van der Waals surface area contributed by atoms with Gasteiger partial charge in [0.05, 0.1) is 11.2 Å². The summed E-state index contributed by atoms with van der Waals surface area (Å²) in [5.41, 5.74) is -0.482. The fourth-order valence-corrected chi connectivity index (χ4v) is 4.40. The summed E-state index contributed by atoms with van der Waals surface area (Å²) in [7, 11) is 0. The van der Waals surface area contributed by atoms with E-state index in [1.807, 2.05) is 24.8 Å². The van der Waals surface area contributed by atoms with Crippen LogP contribution in [0.15, 0.2) is 12.7 Å². The molecule has 2 rings (SSSR count). The van der Waals surface area contributed by atoms with Crippen molar-refractivity contribution in [3.05, 3.63) is 12.7 Å². The maximum Gasteiger partial charge on any atom is 0.0784 e. The molecule has 2 aliphatic rings. The number of thioether (sulfide) groups is 1.